The van der Waals surface area contributed by atoms with Crippen LogP contribution in [0.25, 0.3) is 0 Å². The van der Waals surface area contributed by atoms with E-state index < -0.39 is 0 Å². The molecule has 2 amide bonds. The minimum atomic E-state index is -0.315. The molecule has 2 saturated heterocycles. The highest BCUT2D eigenvalue weighted by atomic mass is 19.1. The first-order valence-corrected chi connectivity index (χ1v) is 8.98. The Morgan fingerprint density at radius 3 is 3.00 bits per heavy atom. The molecule has 3 heterocycles. The lowest BCUT2D eigenvalue weighted by atomic mass is 9.80. The molecule has 0 bridgehead atoms. The van der Waals surface area contributed by atoms with Gasteiger partial charge in [0.2, 0.25) is 0 Å². The molecule has 1 aromatic rings. The van der Waals surface area contributed by atoms with E-state index in [-0.39, 0.29) is 23.3 Å². The first-order valence-electron chi connectivity index (χ1n) is 8.98. The SMILES string of the molecule is CC(C)NC(=O)N1CCC[C@@]2(COCCN(c3ncccc3F)C2)C1. The monoisotopic (exact) mass is 350 g/mol. The molecule has 0 aliphatic carbocycles. The van der Waals surface area contributed by atoms with E-state index in [1.54, 1.807) is 12.3 Å². The van der Waals surface area contributed by atoms with Crippen LogP contribution in [0.2, 0.25) is 0 Å². The second-order valence-corrected chi connectivity index (χ2v) is 7.41. The number of hydrogen-bond donors (Lipinski definition) is 1. The second-order valence-electron chi connectivity index (χ2n) is 7.41. The van der Waals surface area contributed by atoms with Gasteiger partial charge in [0.1, 0.15) is 0 Å². The summed E-state index contributed by atoms with van der Waals surface area (Å²) in [4.78, 5) is 20.5. The molecule has 2 aliphatic rings. The Balaban J connectivity index is 1.77. The Kier molecular flexibility index (Phi) is 5.42. The number of carbonyl (C=O) groups is 1. The normalized spacial score (nSPS) is 24.5. The van der Waals surface area contributed by atoms with Gasteiger partial charge in [0.25, 0.3) is 0 Å². The van der Waals surface area contributed by atoms with E-state index in [1.165, 1.54) is 6.07 Å². The molecule has 6 nitrogen and oxygen atoms in total. The van der Waals surface area contributed by atoms with Crippen molar-refractivity contribution in [2.75, 3.05) is 44.3 Å². The standard InChI is InChI=1S/C18H27FN4O2/c1-14(2)21-17(24)23-8-4-6-18(12-23)11-22(9-10-25-13-18)16-15(19)5-3-7-20-16/h3,5,7,14H,4,6,8-13H2,1-2H3,(H,21,24)/t18-/m0/s1. The lowest BCUT2D eigenvalue weighted by molar-refractivity contribution is 0.0241. The topological polar surface area (TPSA) is 57.7 Å². The molecule has 25 heavy (non-hydrogen) atoms. The minimum Gasteiger partial charge on any atom is -0.379 e. The molecule has 1 N–H and O–H groups in total. The highest BCUT2D eigenvalue weighted by Gasteiger charge is 2.41. The van der Waals surface area contributed by atoms with Crippen molar-refractivity contribution in [3.05, 3.63) is 24.1 Å². The maximum atomic E-state index is 14.2. The summed E-state index contributed by atoms with van der Waals surface area (Å²) in [5, 5.41) is 2.96. The molecule has 1 atom stereocenters. The summed E-state index contributed by atoms with van der Waals surface area (Å²) in [5.74, 6) is 0.0564. The van der Waals surface area contributed by atoms with Crippen molar-refractivity contribution in [3.8, 4) is 0 Å². The fourth-order valence-electron chi connectivity index (χ4n) is 3.75. The van der Waals surface area contributed by atoms with Crippen molar-refractivity contribution in [2.45, 2.75) is 32.7 Å². The van der Waals surface area contributed by atoms with Crippen LogP contribution in [0.4, 0.5) is 15.0 Å². The van der Waals surface area contributed by atoms with Crippen molar-refractivity contribution < 1.29 is 13.9 Å². The van der Waals surface area contributed by atoms with Gasteiger partial charge in [-0.2, -0.15) is 0 Å². The van der Waals surface area contributed by atoms with Crippen LogP contribution in [0.1, 0.15) is 26.7 Å². The second kappa shape index (κ2) is 7.56. The molecule has 7 heteroatoms. The molecule has 0 radical (unpaired) electrons. The van der Waals surface area contributed by atoms with Gasteiger partial charge in [0.05, 0.1) is 13.2 Å². The van der Waals surface area contributed by atoms with Gasteiger partial charge < -0.3 is 19.9 Å². The van der Waals surface area contributed by atoms with E-state index in [4.69, 9.17) is 4.74 Å². The number of anilines is 1. The summed E-state index contributed by atoms with van der Waals surface area (Å²) >= 11 is 0. The lowest BCUT2D eigenvalue weighted by Gasteiger charge is -2.43. The predicted octanol–water partition coefficient (Wildman–Crippen LogP) is 2.26. The Morgan fingerprint density at radius 2 is 2.24 bits per heavy atom. The van der Waals surface area contributed by atoms with Gasteiger partial charge in [-0.1, -0.05) is 0 Å². The number of carbonyl (C=O) groups excluding carboxylic acids is 1. The number of nitrogens with one attached hydrogen (secondary N) is 1. The molecule has 0 aromatic carbocycles. The number of hydrogen-bond acceptors (Lipinski definition) is 4. The Bertz CT molecular complexity index is 612. The Hall–Kier alpha value is -1.89. The number of aromatic nitrogens is 1. The summed E-state index contributed by atoms with van der Waals surface area (Å²) in [6.45, 7) is 7.66. The number of rotatable bonds is 2. The Labute approximate surface area is 148 Å². The molecule has 1 spiro atoms. The van der Waals surface area contributed by atoms with Gasteiger partial charge in [0, 0.05) is 43.8 Å². The fourth-order valence-corrected chi connectivity index (χ4v) is 3.75. The third-order valence-electron chi connectivity index (χ3n) is 4.84. The van der Waals surface area contributed by atoms with E-state index in [2.05, 4.69) is 10.3 Å². The summed E-state index contributed by atoms with van der Waals surface area (Å²) in [6, 6.07) is 3.11. The van der Waals surface area contributed by atoms with Gasteiger partial charge in [0.15, 0.2) is 11.6 Å². The number of ether oxygens (including phenoxy) is 1. The first kappa shape index (κ1) is 17.9. The van der Waals surface area contributed by atoms with Crippen LogP contribution in [0, 0.1) is 11.2 Å². The number of halogens is 1. The van der Waals surface area contributed by atoms with E-state index in [9.17, 15) is 9.18 Å². The average Bonchev–Trinajstić information content (AvgIpc) is 2.77. The molecule has 138 valence electrons. The van der Waals surface area contributed by atoms with Gasteiger partial charge in [-0.25, -0.2) is 14.2 Å². The third-order valence-corrected chi connectivity index (χ3v) is 4.84. The van der Waals surface area contributed by atoms with Crippen molar-refractivity contribution in [1.29, 1.82) is 0 Å². The molecule has 0 unspecified atom stereocenters. The number of piperidine rings is 1. The zero-order chi connectivity index (χ0) is 17.9. The van der Waals surface area contributed by atoms with E-state index >= 15 is 0 Å². The van der Waals surface area contributed by atoms with Gasteiger partial charge in [-0.3, -0.25) is 0 Å². The maximum Gasteiger partial charge on any atom is 0.317 e. The third kappa shape index (κ3) is 4.21. The fraction of sp³-hybridized carbons (Fsp3) is 0.667. The average molecular weight is 350 g/mol. The van der Waals surface area contributed by atoms with Crippen molar-refractivity contribution >= 4 is 11.8 Å². The van der Waals surface area contributed by atoms with Gasteiger partial charge in [-0.15, -0.1) is 0 Å². The van der Waals surface area contributed by atoms with Crippen molar-refractivity contribution in [1.82, 2.24) is 15.2 Å². The van der Waals surface area contributed by atoms with Crippen molar-refractivity contribution in [2.24, 2.45) is 5.41 Å². The lowest BCUT2D eigenvalue weighted by Crippen LogP contribution is -2.55. The molecular formula is C18H27FN4O2. The molecule has 1 aromatic heterocycles. The summed E-state index contributed by atoms with van der Waals surface area (Å²) in [7, 11) is 0. The smallest absolute Gasteiger partial charge is 0.317 e. The number of likely N-dealkylation sites (tertiary alicyclic amines) is 1. The van der Waals surface area contributed by atoms with E-state index in [1.807, 2.05) is 23.6 Å². The highest BCUT2D eigenvalue weighted by molar-refractivity contribution is 5.74. The summed E-state index contributed by atoms with van der Waals surface area (Å²) in [6.07, 6.45) is 3.50. The van der Waals surface area contributed by atoms with Crippen LogP contribution < -0.4 is 10.2 Å². The molecular weight excluding hydrogens is 323 g/mol. The molecule has 2 aliphatic heterocycles. The summed E-state index contributed by atoms with van der Waals surface area (Å²) < 4.78 is 20.0. The van der Waals surface area contributed by atoms with Crippen LogP contribution in [0.3, 0.4) is 0 Å². The van der Waals surface area contributed by atoms with Crippen LogP contribution in [0.5, 0.6) is 0 Å². The Morgan fingerprint density at radius 1 is 1.40 bits per heavy atom. The number of amides is 2. The quantitative estimate of drug-likeness (QED) is 0.889. The summed E-state index contributed by atoms with van der Waals surface area (Å²) in [5.41, 5.74) is -0.187. The van der Waals surface area contributed by atoms with Crippen LogP contribution in [-0.4, -0.2) is 61.3 Å². The maximum absolute atomic E-state index is 14.2. The van der Waals surface area contributed by atoms with Crippen LogP contribution >= 0.6 is 0 Å². The first-order chi connectivity index (χ1) is 12.0. The number of nitrogens with zero attached hydrogens (tertiary/aromatic N) is 3. The highest BCUT2D eigenvalue weighted by Crippen LogP contribution is 2.34. The zero-order valence-corrected chi connectivity index (χ0v) is 15.0. The largest absolute Gasteiger partial charge is 0.379 e. The van der Waals surface area contributed by atoms with E-state index in [0.29, 0.717) is 38.7 Å². The van der Waals surface area contributed by atoms with Crippen LogP contribution in [0.15, 0.2) is 18.3 Å². The number of urea groups is 1. The van der Waals surface area contributed by atoms with Gasteiger partial charge in [-0.05, 0) is 38.8 Å². The number of pyridine rings is 1. The molecule has 0 saturated carbocycles. The minimum absolute atomic E-state index is 0.0334. The zero-order valence-electron chi connectivity index (χ0n) is 15.0. The van der Waals surface area contributed by atoms with Gasteiger partial charge >= 0.3 is 6.03 Å². The molecule has 3 rings (SSSR count). The predicted molar refractivity (Wildman–Crippen MR) is 94.1 cm³/mol. The molecule has 2 fully saturated rings. The van der Waals surface area contributed by atoms with Crippen molar-refractivity contribution in [3.63, 3.8) is 0 Å². The van der Waals surface area contributed by atoms with Crippen LogP contribution in [-0.2, 0) is 4.74 Å². The van der Waals surface area contributed by atoms with E-state index in [0.717, 1.165) is 19.4 Å².